The summed E-state index contributed by atoms with van der Waals surface area (Å²) >= 11 is 3.26. The maximum absolute atomic E-state index is 13.9. The minimum absolute atomic E-state index is 0.130. The Kier molecular flexibility index (Phi) is 5.11. The summed E-state index contributed by atoms with van der Waals surface area (Å²) in [6.45, 7) is 3.39. The number of hydrogen-bond donors (Lipinski definition) is 0. The summed E-state index contributed by atoms with van der Waals surface area (Å²) in [5.41, 5.74) is 1.44. The van der Waals surface area contributed by atoms with Gasteiger partial charge in [-0.25, -0.2) is 4.39 Å². The van der Waals surface area contributed by atoms with Gasteiger partial charge in [-0.2, -0.15) is 0 Å². The van der Waals surface area contributed by atoms with Gasteiger partial charge in [0.1, 0.15) is 11.5 Å². The van der Waals surface area contributed by atoms with Crippen LogP contribution in [-0.4, -0.2) is 36.0 Å². The lowest BCUT2D eigenvalue weighted by Gasteiger charge is -2.35. The molecule has 1 aliphatic heterocycles. The van der Waals surface area contributed by atoms with Crippen LogP contribution in [0.3, 0.4) is 0 Å². The molecule has 2 aromatic rings. The first-order valence-corrected chi connectivity index (χ1v) is 8.48. The van der Waals surface area contributed by atoms with Gasteiger partial charge in [-0.1, -0.05) is 34.1 Å². The largest absolute Gasteiger partial charge is 0.363 e. The number of nitro benzene ring substituents is 1. The molecular weight excluding hydrogens is 377 g/mol. The second-order valence-corrected chi connectivity index (χ2v) is 6.66. The second-order valence-electron chi connectivity index (χ2n) is 5.74. The lowest BCUT2D eigenvalue weighted by molar-refractivity contribution is -0.384. The maximum Gasteiger partial charge on any atom is 0.292 e. The molecule has 0 aromatic heterocycles. The molecule has 0 unspecified atom stereocenters. The molecular formula is C17H17BrFN3O2. The Morgan fingerprint density at radius 1 is 1.12 bits per heavy atom. The second kappa shape index (κ2) is 7.27. The monoisotopic (exact) mass is 393 g/mol. The van der Waals surface area contributed by atoms with Crippen molar-refractivity contribution < 1.29 is 9.31 Å². The van der Waals surface area contributed by atoms with Crippen LogP contribution in [-0.2, 0) is 6.54 Å². The Morgan fingerprint density at radius 2 is 1.83 bits per heavy atom. The van der Waals surface area contributed by atoms with Crippen molar-refractivity contribution in [1.82, 2.24) is 4.90 Å². The molecule has 3 rings (SSSR count). The van der Waals surface area contributed by atoms with Crippen molar-refractivity contribution >= 4 is 27.3 Å². The van der Waals surface area contributed by atoms with Crippen LogP contribution in [0.1, 0.15) is 5.56 Å². The highest BCUT2D eigenvalue weighted by Gasteiger charge is 2.23. The van der Waals surface area contributed by atoms with Gasteiger partial charge in [-0.15, -0.1) is 0 Å². The number of para-hydroxylation sites is 2. The van der Waals surface area contributed by atoms with Gasteiger partial charge in [-0.05, 0) is 18.2 Å². The minimum Gasteiger partial charge on any atom is -0.363 e. The summed E-state index contributed by atoms with van der Waals surface area (Å²) in [5, 5.41) is 11.2. The molecule has 1 saturated heterocycles. The normalized spacial score (nSPS) is 15.5. The molecule has 0 amide bonds. The van der Waals surface area contributed by atoms with Crippen molar-refractivity contribution in [2.24, 2.45) is 0 Å². The lowest BCUT2D eigenvalue weighted by atomic mass is 10.1. The number of halogens is 2. The predicted molar refractivity (Wildman–Crippen MR) is 94.7 cm³/mol. The summed E-state index contributed by atoms with van der Waals surface area (Å²) in [7, 11) is 0. The smallest absolute Gasteiger partial charge is 0.292 e. The van der Waals surface area contributed by atoms with E-state index in [0.717, 1.165) is 17.6 Å². The molecule has 0 N–H and O–H groups in total. The van der Waals surface area contributed by atoms with E-state index in [4.69, 9.17) is 0 Å². The van der Waals surface area contributed by atoms with Crippen LogP contribution < -0.4 is 4.90 Å². The Morgan fingerprint density at radius 3 is 2.50 bits per heavy atom. The van der Waals surface area contributed by atoms with Crippen LogP contribution in [0.25, 0.3) is 0 Å². The SMILES string of the molecule is O=[N+]([O-])c1ccccc1N1CCN(Cc2ccc(Br)cc2F)CC1. The van der Waals surface area contributed by atoms with Gasteiger partial charge in [0.25, 0.3) is 5.69 Å². The van der Waals surface area contributed by atoms with Crippen molar-refractivity contribution in [3.05, 3.63) is 68.4 Å². The van der Waals surface area contributed by atoms with Crippen molar-refractivity contribution in [3.63, 3.8) is 0 Å². The van der Waals surface area contributed by atoms with Crippen molar-refractivity contribution in [2.75, 3.05) is 31.1 Å². The highest BCUT2D eigenvalue weighted by molar-refractivity contribution is 9.10. The number of hydrogen-bond acceptors (Lipinski definition) is 4. The van der Waals surface area contributed by atoms with E-state index in [-0.39, 0.29) is 16.4 Å². The predicted octanol–water partition coefficient (Wildman–Crippen LogP) is 3.82. The highest BCUT2D eigenvalue weighted by atomic mass is 79.9. The molecule has 126 valence electrons. The molecule has 1 aliphatic rings. The quantitative estimate of drug-likeness (QED) is 0.585. The highest BCUT2D eigenvalue weighted by Crippen LogP contribution is 2.28. The third kappa shape index (κ3) is 3.73. The molecule has 0 bridgehead atoms. The van der Waals surface area contributed by atoms with Crippen LogP contribution >= 0.6 is 15.9 Å². The molecule has 0 saturated carbocycles. The molecule has 5 nitrogen and oxygen atoms in total. The lowest BCUT2D eigenvalue weighted by Crippen LogP contribution is -2.46. The Balaban J connectivity index is 1.65. The number of benzene rings is 2. The zero-order chi connectivity index (χ0) is 17.1. The third-order valence-corrected chi connectivity index (χ3v) is 4.69. The van der Waals surface area contributed by atoms with Gasteiger partial charge in [0.15, 0.2) is 0 Å². The molecule has 1 fully saturated rings. The number of anilines is 1. The van der Waals surface area contributed by atoms with Gasteiger partial charge in [0.05, 0.1) is 4.92 Å². The standard InChI is InChI=1S/C17H17BrFN3O2/c18-14-6-5-13(15(19)11-14)12-20-7-9-21(10-8-20)16-3-1-2-4-17(16)22(23)24/h1-6,11H,7-10,12H2. The van der Waals surface area contributed by atoms with Crippen LogP contribution in [0.4, 0.5) is 15.8 Å². The first-order chi connectivity index (χ1) is 11.5. The van der Waals surface area contributed by atoms with Crippen LogP contribution in [0.15, 0.2) is 46.9 Å². The molecule has 0 spiro atoms. The summed E-state index contributed by atoms with van der Waals surface area (Å²) in [5.74, 6) is -0.217. The van der Waals surface area contributed by atoms with E-state index in [1.54, 1.807) is 18.2 Å². The number of nitro groups is 1. The molecule has 7 heteroatoms. The van der Waals surface area contributed by atoms with E-state index in [0.29, 0.717) is 30.9 Å². The van der Waals surface area contributed by atoms with Crippen LogP contribution in [0.2, 0.25) is 0 Å². The van der Waals surface area contributed by atoms with Gasteiger partial charge in [-0.3, -0.25) is 15.0 Å². The third-order valence-electron chi connectivity index (χ3n) is 4.20. The average molecular weight is 394 g/mol. The van der Waals surface area contributed by atoms with Crippen molar-refractivity contribution in [2.45, 2.75) is 6.54 Å². The van der Waals surface area contributed by atoms with E-state index in [2.05, 4.69) is 20.8 Å². The fourth-order valence-electron chi connectivity index (χ4n) is 2.92. The van der Waals surface area contributed by atoms with E-state index in [1.807, 2.05) is 17.0 Å². The number of rotatable bonds is 4. The maximum atomic E-state index is 13.9. The zero-order valence-corrected chi connectivity index (χ0v) is 14.6. The van der Waals surface area contributed by atoms with Gasteiger partial charge < -0.3 is 4.90 Å². The van der Waals surface area contributed by atoms with Crippen LogP contribution in [0.5, 0.6) is 0 Å². The Labute approximate surface area is 148 Å². The molecule has 1 heterocycles. The van der Waals surface area contributed by atoms with E-state index >= 15 is 0 Å². The molecule has 0 radical (unpaired) electrons. The fourth-order valence-corrected chi connectivity index (χ4v) is 3.26. The minimum atomic E-state index is -0.348. The van der Waals surface area contributed by atoms with Gasteiger partial charge in [0.2, 0.25) is 0 Å². The Bertz CT molecular complexity index is 748. The zero-order valence-electron chi connectivity index (χ0n) is 13.0. The topological polar surface area (TPSA) is 49.6 Å². The van der Waals surface area contributed by atoms with Crippen molar-refractivity contribution in [1.29, 1.82) is 0 Å². The molecule has 0 atom stereocenters. The average Bonchev–Trinajstić information content (AvgIpc) is 2.58. The molecule has 2 aromatic carbocycles. The molecule has 0 aliphatic carbocycles. The van der Waals surface area contributed by atoms with E-state index in [9.17, 15) is 14.5 Å². The summed E-state index contributed by atoms with van der Waals surface area (Å²) < 4.78 is 14.7. The Hall–Kier alpha value is -1.99. The summed E-state index contributed by atoms with van der Waals surface area (Å²) in [4.78, 5) is 15.0. The van der Waals surface area contributed by atoms with Crippen molar-refractivity contribution in [3.8, 4) is 0 Å². The number of piperazine rings is 1. The van der Waals surface area contributed by atoms with E-state index < -0.39 is 0 Å². The summed E-state index contributed by atoms with van der Waals surface area (Å²) in [6.07, 6.45) is 0. The first kappa shape index (κ1) is 16.9. The van der Waals surface area contributed by atoms with E-state index in [1.165, 1.54) is 12.1 Å². The number of nitrogens with zero attached hydrogens (tertiary/aromatic N) is 3. The summed E-state index contributed by atoms with van der Waals surface area (Å²) in [6, 6.07) is 11.9. The van der Waals surface area contributed by atoms with Gasteiger partial charge >= 0.3 is 0 Å². The van der Waals surface area contributed by atoms with Crippen LogP contribution in [0, 0.1) is 15.9 Å². The first-order valence-electron chi connectivity index (χ1n) is 7.69. The fraction of sp³-hybridized carbons (Fsp3) is 0.294. The van der Waals surface area contributed by atoms with Gasteiger partial charge in [0, 0.05) is 48.8 Å². The molecule has 24 heavy (non-hydrogen) atoms.